The molecule has 0 spiro atoms. The fraction of sp³-hybridized carbons (Fsp3) is 0. The molecule has 0 aromatic heterocycles. The van der Waals surface area contributed by atoms with E-state index < -0.39 is 18.2 Å². The van der Waals surface area contributed by atoms with Crippen LogP contribution in [0, 0.1) is 0 Å². The van der Waals surface area contributed by atoms with Gasteiger partial charge >= 0.3 is 60.5 Å². The molecule has 0 aromatic carbocycles. The van der Waals surface area contributed by atoms with Crippen LogP contribution in [0.25, 0.3) is 0 Å². The van der Waals surface area contributed by atoms with E-state index in [0.29, 0.717) is 0 Å². The first-order chi connectivity index (χ1) is 4.56. The first kappa shape index (κ1) is 29.7. The number of phosphoric acid groups is 1. The second-order valence-electron chi connectivity index (χ2n) is 0.951. The molecule has 0 radical (unpaired) electrons. The normalized spacial score (nSPS) is 9.21. The Balaban J connectivity index is -0.0000000215. The Labute approximate surface area is 125 Å². The molecular formula is H6NNa2O9PS. The van der Waals surface area contributed by atoms with Gasteiger partial charge in [-0.1, -0.05) is 0 Å². The van der Waals surface area contributed by atoms with Gasteiger partial charge in [0, 0.05) is 0 Å². The van der Waals surface area contributed by atoms with Crippen molar-refractivity contribution in [3.8, 4) is 0 Å². The van der Waals surface area contributed by atoms with Gasteiger partial charge in [0.15, 0.2) is 0 Å². The van der Waals surface area contributed by atoms with Gasteiger partial charge in [0.1, 0.15) is 0 Å². The van der Waals surface area contributed by atoms with Crippen molar-refractivity contribution in [2.75, 3.05) is 0 Å². The van der Waals surface area contributed by atoms with E-state index in [1.54, 1.807) is 0 Å². The van der Waals surface area contributed by atoms with Gasteiger partial charge in [0.2, 0.25) is 10.4 Å². The van der Waals surface area contributed by atoms with Crippen LogP contribution in [-0.4, -0.2) is 23.1 Å². The zero-order valence-corrected chi connectivity index (χ0v) is 13.0. The van der Waals surface area contributed by atoms with Crippen LogP contribution in [-0.2, 0) is 19.3 Å². The average Bonchev–Trinajstić information content (AvgIpc) is 1.59. The van der Waals surface area contributed by atoms with Crippen LogP contribution in [0.3, 0.4) is 0 Å². The molecule has 0 aliphatic heterocycles. The third-order valence-corrected chi connectivity index (χ3v) is 0.274. The van der Waals surface area contributed by atoms with E-state index in [9.17, 15) is 0 Å². The van der Waals surface area contributed by atoms with Gasteiger partial charge in [-0.15, -0.1) is 4.33 Å². The van der Waals surface area contributed by atoms with Crippen molar-refractivity contribution in [3.63, 3.8) is 0 Å². The van der Waals surface area contributed by atoms with Gasteiger partial charge in [0.25, 0.3) is 0 Å². The predicted molar refractivity (Wildman–Crippen MR) is 29.4 cm³/mol. The van der Waals surface area contributed by atoms with E-state index in [1.165, 1.54) is 0 Å². The minimum atomic E-state index is -5.14. The van der Waals surface area contributed by atoms with E-state index in [2.05, 4.69) is 4.33 Å². The Morgan fingerprint density at radius 2 is 1.36 bits per heavy atom. The molecule has 10 nitrogen and oxygen atoms in total. The quantitative estimate of drug-likeness (QED) is 0.103. The van der Waals surface area contributed by atoms with E-state index in [0.717, 1.165) is 0 Å². The van der Waals surface area contributed by atoms with Crippen LogP contribution in [0.2, 0.25) is 0 Å². The molecule has 0 heterocycles. The van der Waals surface area contributed by atoms with Crippen LogP contribution in [0.4, 0.5) is 0 Å². The van der Waals surface area contributed by atoms with Crippen LogP contribution in [0.5, 0.6) is 0 Å². The molecule has 5 N–H and O–H groups in total. The molecule has 0 fully saturated rings. The Morgan fingerprint density at radius 3 is 1.36 bits per heavy atom. The van der Waals surface area contributed by atoms with Gasteiger partial charge in [0.05, 0.1) is 7.82 Å². The van der Waals surface area contributed by atoms with Gasteiger partial charge < -0.3 is 29.9 Å². The van der Waals surface area contributed by atoms with Crippen molar-refractivity contribution in [2.24, 2.45) is 0 Å². The van der Waals surface area contributed by atoms with E-state index in [-0.39, 0.29) is 66.7 Å². The van der Waals surface area contributed by atoms with Crippen molar-refractivity contribution in [2.45, 2.75) is 0 Å². The Bertz CT molecular complexity index is 226. The summed E-state index contributed by atoms with van der Waals surface area (Å²) in [7, 11) is -10.00. The Hall–Kier alpha value is 1.90. The number of rotatable bonds is 1. The van der Waals surface area contributed by atoms with Gasteiger partial charge in [-0.3, -0.25) is 0 Å². The second kappa shape index (κ2) is 13.0. The molecule has 0 saturated heterocycles. The average molecular weight is 273 g/mol. The molecule has 14 heavy (non-hydrogen) atoms. The summed E-state index contributed by atoms with van der Waals surface area (Å²) in [4.78, 5) is 24.3. The minimum absolute atomic E-state index is 0. The zero-order chi connectivity index (χ0) is 9.71. The van der Waals surface area contributed by atoms with Crippen LogP contribution < -0.4 is 75.1 Å². The third-order valence-electron chi connectivity index (χ3n) is 0.0913. The Morgan fingerprint density at radius 1 is 1.29 bits per heavy atom. The summed E-state index contributed by atoms with van der Waals surface area (Å²) in [6, 6.07) is 0. The van der Waals surface area contributed by atoms with Gasteiger partial charge in [-0.25, -0.2) is 13.7 Å². The van der Waals surface area contributed by atoms with E-state index in [1.807, 2.05) is 0 Å². The maximum atomic E-state index is 8.97. The van der Waals surface area contributed by atoms with Crippen molar-refractivity contribution in [3.05, 3.63) is 0 Å². The zero-order valence-electron chi connectivity index (χ0n) is 8.31. The summed E-state index contributed by atoms with van der Waals surface area (Å²) in [5.74, 6) is 0. The maximum absolute atomic E-state index is 8.97. The van der Waals surface area contributed by atoms with Crippen molar-refractivity contribution in [1.82, 2.24) is 6.15 Å². The molecule has 0 atom stereocenters. The summed E-state index contributed by atoms with van der Waals surface area (Å²) < 4.78 is 37.9. The molecule has 0 saturated carbocycles. The molecule has 0 bridgehead atoms. The summed E-state index contributed by atoms with van der Waals surface area (Å²) in [5.41, 5.74) is 0. The fourth-order valence-electron chi connectivity index (χ4n) is 0. The number of hydrogen-bond donors (Lipinski definition) is 3. The minimum Gasteiger partial charge on any atom is -0.790 e. The number of hydrogen-bond acceptors (Lipinski definition) is 9. The third kappa shape index (κ3) is 96.3. The SMILES string of the molecule is N.O=P([O-])([O-])O.O=S(=O)([O-])OO.[H+].[Na+].[Na+]. The maximum Gasteiger partial charge on any atom is 1.00 e. The molecular weight excluding hydrogens is 267 g/mol. The topological polar surface area (TPSA) is 205 Å². The fourth-order valence-corrected chi connectivity index (χ4v) is 0. The largest absolute Gasteiger partial charge is 1.00 e. The molecule has 0 aromatic rings. The molecule has 0 unspecified atom stereocenters. The summed E-state index contributed by atoms with van der Waals surface area (Å²) in [6.07, 6.45) is 0. The second-order valence-corrected chi connectivity index (χ2v) is 2.85. The first-order valence-corrected chi connectivity index (χ1v) is 4.43. The molecule has 78 valence electrons. The molecule has 0 rings (SSSR count). The molecule has 0 amide bonds. The summed E-state index contributed by atoms with van der Waals surface area (Å²) in [5, 5.41) is 7.00. The first-order valence-electron chi connectivity index (χ1n) is 1.60. The van der Waals surface area contributed by atoms with E-state index >= 15 is 0 Å². The van der Waals surface area contributed by atoms with Crippen molar-refractivity contribution >= 4 is 18.2 Å². The van der Waals surface area contributed by atoms with Gasteiger partial charge in [-0.2, -0.15) is 0 Å². The molecule has 14 heteroatoms. The predicted octanol–water partition coefficient (Wildman–Crippen LogP) is -8.97. The monoisotopic (exact) mass is 273 g/mol. The van der Waals surface area contributed by atoms with Gasteiger partial charge in [-0.05, 0) is 0 Å². The van der Waals surface area contributed by atoms with Crippen LogP contribution in [0.1, 0.15) is 1.43 Å². The smallest absolute Gasteiger partial charge is 0.790 e. The van der Waals surface area contributed by atoms with Crippen LogP contribution in [0.15, 0.2) is 0 Å². The molecule has 0 aliphatic carbocycles. The summed E-state index contributed by atoms with van der Waals surface area (Å²) in [6.45, 7) is 0. The van der Waals surface area contributed by atoms with Crippen molar-refractivity contribution in [1.29, 1.82) is 0 Å². The standard InChI is InChI=1S/H3N.2Na.H2O5S.H3O4P/c;;;1-5-6(2,3)4;1-5(2,3)4/h1H3;;;1H,(H,2,3,4);(H3,1,2,3,4)/q;2*+1;;/p-2. The summed E-state index contributed by atoms with van der Waals surface area (Å²) >= 11 is 0. The molecule has 0 aliphatic rings. The van der Waals surface area contributed by atoms with Crippen molar-refractivity contribution < 1.29 is 102 Å². The van der Waals surface area contributed by atoms with E-state index in [4.69, 9.17) is 37.5 Å². The van der Waals surface area contributed by atoms with Crippen LogP contribution >= 0.6 is 7.82 Å². The Kier molecular flexibility index (Phi) is 27.5.